The van der Waals surface area contributed by atoms with Crippen LogP contribution in [0.25, 0.3) is 22.2 Å². The lowest BCUT2D eigenvalue weighted by atomic mass is 10.1. The van der Waals surface area contributed by atoms with Gasteiger partial charge in [-0.3, -0.25) is 15.1 Å². The Hall–Kier alpha value is -3.88. The van der Waals surface area contributed by atoms with Gasteiger partial charge in [-0.15, -0.1) is 0 Å². The highest BCUT2D eigenvalue weighted by Gasteiger charge is 2.14. The van der Waals surface area contributed by atoms with Gasteiger partial charge in [0.2, 0.25) is 11.7 Å². The van der Waals surface area contributed by atoms with Gasteiger partial charge in [0.15, 0.2) is 0 Å². The Kier molecular flexibility index (Phi) is 5.10. The number of rotatable bonds is 7. The third kappa shape index (κ3) is 4.03. The molecule has 0 atom stereocenters. The molecule has 0 fully saturated rings. The normalized spacial score (nSPS) is 10.9. The van der Waals surface area contributed by atoms with Crippen molar-refractivity contribution in [1.29, 1.82) is 0 Å². The third-order valence-electron chi connectivity index (χ3n) is 4.45. The van der Waals surface area contributed by atoms with Gasteiger partial charge in [-0.2, -0.15) is 4.98 Å². The molecule has 146 valence electrons. The molecular formula is C20H16FN5O3. The fraction of sp³-hybridized carbons (Fsp3) is 0.150. The van der Waals surface area contributed by atoms with E-state index >= 15 is 0 Å². The first-order valence-corrected chi connectivity index (χ1v) is 8.95. The summed E-state index contributed by atoms with van der Waals surface area (Å²) in [6.07, 6.45) is 4.38. The van der Waals surface area contributed by atoms with Gasteiger partial charge in [0.25, 0.3) is 5.69 Å². The first-order valence-electron chi connectivity index (χ1n) is 8.95. The monoisotopic (exact) mass is 393 g/mol. The second kappa shape index (κ2) is 8.01. The quantitative estimate of drug-likeness (QED) is 0.282. The molecule has 4 aromatic rings. The number of nitro groups is 1. The predicted octanol–water partition coefficient (Wildman–Crippen LogP) is 4.38. The van der Waals surface area contributed by atoms with E-state index in [2.05, 4.69) is 20.4 Å². The number of pyridine rings is 1. The molecule has 0 aliphatic rings. The van der Waals surface area contributed by atoms with Gasteiger partial charge >= 0.3 is 0 Å². The number of aromatic nitrogens is 3. The van der Waals surface area contributed by atoms with Crippen LogP contribution in [0.4, 0.5) is 15.8 Å². The lowest BCUT2D eigenvalue weighted by Gasteiger charge is -2.09. The van der Waals surface area contributed by atoms with Crippen molar-refractivity contribution in [2.75, 3.05) is 11.9 Å². The number of anilines is 1. The van der Waals surface area contributed by atoms with Gasteiger partial charge in [0.1, 0.15) is 5.82 Å². The van der Waals surface area contributed by atoms with Crippen LogP contribution >= 0.6 is 0 Å². The minimum atomic E-state index is -0.415. The van der Waals surface area contributed by atoms with Crippen LogP contribution in [-0.2, 0) is 6.42 Å². The second-order valence-corrected chi connectivity index (χ2v) is 6.36. The van der Waals surface area contributed by atoms with E-state index in [4.69, 9.17) is 4.52 Å². The third-order valence-corrected chi connectivity index (χ3v) is 4.45. The summed E-state index contributed by atoms with van der Waals surface area (Å²) in [6, 6.07) is 10.8. The number of fused-ring (bicyclic) bond motifs is 1. The van der Waals surface area contributed by atoms with Gasteiger partial charge in [0.05, 0.1) is 10.3 Å². The average molecular weight is 393 g/mol. The highest BCUT2D eigenvalue weighted by Crippen LogP contribution is 2.30. The Bertz CT molecular complexity index is 1160. The molecule has 9 heteroatoms. The Labute approximate surface area is 164 Å². The van der Waals surface area contributed by atoms with E-state index in [0.717, 1.165) is 11.1 Å². The van der Waals surface area contributed by atoms with E-state index in [1.165, 1.54) is 24.4 Å². The largest absolute Gasteiger partial charge is 0.385 e. The van der Waals surface area contributed by atoms with Gasteiger partial charge in [0, 0.05) is 48.1 Å². The van der Waals surface area contributed by atoms with Crippen molar-refractivity contribution < 1.29 is 13.8 Å². The van der Waals surface area contributed by atoms with Crippen LogP contribution in [0.5, 0.6) is 0 Å². The van der Waals surface area contributed by atoms with Crippen molar-refractivity contribution >= 4 is 22.1 Å². The van der Waals surface area contributed by atoms with Gasteiger partial charge < -0.3 is 9.84 Å². The van der Waals surface area contributed by atoms with Crippen molar-refractivity contribution in [3.8, 4) is 11.4 Å². The zero-order valence-electron chi connectivity index (χ0n) is 15.2. The number of hydrogen-bond donors (Lipinski definition) is 1. The molecular weight excluding hydrogens is 377 g/mol. The maximum atomic E-state index is 13.0. The number of nitro benzene ring substituents is 1. The number of aryl methyl sites for hydroxylation is 1. The Balaban J connectivity index is 1.38. The number of nitrogens with zero attached hydrogens (tertiary/aromatic N) is 4. The Morgan fingerprint density at radius 3 is 2.72 bits per heavy atom. The maximum Gasteiger partial charge on any atom is 0.278 e. The number of hydrogen-bond acceptors (Lipinski definition) is 7. The van der Waals surface area contributed by atoms with Gasteiger partial charge in [-0.1, -0.05) is 5.16 Å². The highest BCUT2D eigenvalue weighted by atomic mass is 19.1. The summed E-state index contributed by atoms with van der Waals surface area (Å²) in [5.41, 5.74) is 1.51. The average Bonchev–Trinajstić information content (AvgIpc) is 3.20. The lowest BCUT2D eigenvalue weighted by Crippen LogP contribution is -2.04. The molecule has 29 heavy (non-hydrogen) atoms. The summed E-state index contributed by atoms with van der Waals surface area (Å²) < 4.78 is 18.3. The van der Waals surface area contributed by atoms with Crippen LogP contribution in [0.15, 0.2) is 59.4 Å². The molecule has 0 unspecified atom stereocenters. The van der Waals surface area contributed by atoms with Crippen LogP contribution in [0.3, 0.4) is 0 Å². The summed E-state index contributed by atoms with van der Waals surface area (Å²) in [5.74, 6) is 0.587. The van der Waals surface area contributed by atoms with E-state index in [-0.39, 0.29) is 11.5 Å². The number of halogens is 1. The minimum absolute atomic E-state index is 0.0258. The van der Waals surface area contributed by atoms with E-state index in [9.17, 15) is 14.5 Å². The maximum absolute atomic E-state index is 13.0. The SMILES string of the molecule is O=[N+]([O-])c1ccc(NCCCc2nc(-c3ccc(F)cc3)no2)c2ccncc12. The molecule has 0 radical (unpaired) electrons. The molecule has 2 heterocycles. The van der Waals surface area contributed by atoms with Crippen LogP contribution < -0.4 is 5.32 Å². The molecule has 8 nitrogen and oxygen atoms in total. The highest BCUT2D eigenvalue weighted by molar-refractivity contribution is 5.99. The summed E-state index contributed by atoms with van der Waals surface area (Å²) in [7, 11) is 0. The minimum Gasteiger partial charge on any atom is -0.385 e. The van der Waals surface area contributed by atoms with E-state index in [1.54, 1.807) is 30.5 Å². The number of nitrogens with one attached hydrogen (secondary N) is 1. The van der Waals surface area contributed by atoms with Crippen molar-refractivity contribution in [3.05, 3.63) is 76.7 Å². The summed E-state index contributed by atoms with van der Waals surface area (Å²) in [6.45, 7) is 0.615. The Morgan fingerprint density at radius 2 is 1.93 bits per heavy atom. The van der Waals surface area contributed by atoms with Crippen molar-refractivity contribution in [2.24, 2.45) is 0 Å². The molecule has 0 bridgehead atoms. The van der Waals surface area contributed by atoms with Gasteiger partial charge in [-0.25, -0.2) is 4.39 Å². The van der Waals surface area contributed by atoms with Crippen LogP contribution in [0, 0.1) is 15.9 Å². The standard InChI is InChI=1S/C20H16FN5O3/c21-14-5-3-13(4-6-14)20-24-19(29-25-20)2-1-10-23-17-7-8-18(26(27)28)16-12-22-11-9-15(16)17/h3-9,11-12,23H,1-2,10H2. The first kappa shape index (κ1) is 18.5. The molecule has 0 aliphatic heterocycles. The van der Waals surface area contributed by atoms with Crippen molar-refractivity contribution in [3.63, 3.8) is 0 Å². The van der Waals surface area contributed by atoms with Crippen LogP contribution in [-0.4, -0.2) is 26.6 Å². The molecule has 0 aliphatic carbocycles. The van der Waals surface area contributed by atoms with E-state index in [0.29, 0.717) is 42.1 Å². The van der Waals surface area contributed by atoms with E-state index in [1.807, 2.05) is 0 Å². The fourth-order valence-electron chi connectivity index (χ4n) is 3.02. The molecule has 0 spiro atoms. The molecule has 0 saturated heterocycles. The smallest absolute Gasteiger partial charge is 0.278 e. The molecule has 2 aromatic heterocycles. The van der Waals surface area contributed by atoms with Crippen LogP contribution in [0.1, 0.15) is 12.3 Å². The second-order valence-electron chi connectivity index (χ2n) is 6.36. The van der Waals surface area contributed by atoms with Crippen molar-refractivity contribution in [1.82, 2.24) is 15.1 Å². The molecule has 1 N–H and O–H groups in total. The first-order chi connectivity index (χ1) is 14.1. The van der Waals surface area contributed by atoms with Crippen molar-refractivity contribution in [2.45, 2.75) is 12.8 Å². The molecule has 4 rings (SSSR count). The zero-order chi connectivity index (χ0) is 20.2. The van der Waals surface area contributed by atoms with Gasteiger partial charge in [-0.05, 0) is 42.8 Å². The summed E-state index contributed by atoms with van der Waals surface area (Å²) in [4.78, 5) is 19.1. The molecule has 0 amide bonds. The predicted molar refractivity (Wildman–Crippen MR) is 105 cm³/mol. The summed E-state index contributed by atoms with van der Waals surface area (Å²) in [5, 5.41) is 19.6. The fourth-order valence-corrected chi connectivity index (χ4v) is 3.02. The Morgan fingerprint density at radius 1 is 1.10 bits per heavy atom. The molecule has 2 aromatic carbocycles. The number of benzene rings is 2. The van der Waals surface area contributed by atoms with E-state index < -0.39 is 4.92 Å². The topological polar surface area (TPSA) is 107 Å². The summed E-state index contributed by atoms with van der Waals surface area (Å²) >= 11 is 0. The van der Waals surface area contributed by atoms with Crippen LogP contribution in [0.2, 0.25) is 0 Å². The number of non-ortho nitro benzene ring substituents is 1. The zero-order valence-corrected chi connectivity index (χ0v) is 15.2. The molecule has 0 saturated carbocycles. The lowest BCUT2D eigenvalue weighted by molar-refractivity contribution is -0.383.